The minimum atomic E-state index is -4.67. The Hall–Kier alpha value is 0.580. The second-order valence-electron chi connectivity index (χ2n) is 7.09. The zero-order valence-electron chi connectivity index (χ0n) is 20.0. The van der Waals surface area contributed by atoms with Crippen LogP contribution in [0.25, 0.3) is 0 Å². The quantitative estimate of drug-likeness (QED) is 0.0846. The van der Waals surface area contributed by atoms with Crippen LogP contribution in [-0.4, -0.2) is 123 Å². The summed E-state index contributed by atoms with van der Waals surface area (Å²) >= 11 is 1.41. The molecule has 0 radical (unpaired) electrons. The molecule has 0 aromatic rings. The molecule has 15 heteroatoms. The van der Waals surface area contributed by atoms with Crippen LogP contribution in [0.5, 0.6) is 0 Å². The van der Waals surface area contributed by atoms with Crippen molar-refractivity contribution in [3.63, 3.8) is 0 Å². The first-order valence-corrected chi connectivity index (χ1v) is 15.4. The van der Waals surface area contributed by atoms with E-state index in [2.05, 4.69) is 6.92 Å². The third kappa shape index (κ3) is 79.5. The molecule has 0 heterocycles. The molecule has 0 aliphatic heterocycles. The van der Waals surface area contributed by atoms with Crippen LogP contribution in [0.15, 0.2) is 0 Å². The molecule has 0 aliphatic rings. The molecule has 200 valence electrons. The Morgan fingerprint density at radius 3 is 1.03 bits per heavy atom. The summed E-state index contributed by atoms with van der Waals surface area (Å²) in [5.74, 6) is 0. The second-order valence-corrected chi connectivity index (χ2v) is 9.88. The molecule has 7 N–H and O–H groups in total. The van der Waals surface area contributed by atoms with Crippen molar-refractivity contribution in [1.82, 2.24) is 4.90 Å². The van der Waals surface area contributed by atoms with Gasteiger partial charge in [0.15, 0.2) is 0 Å². The Labute approximate surface area is 217 Å². The Morgan fingerprint density at radius 2 is 0.818 bits per heavy atom. The third-order valence-corrected chi connectivity index (χ3v) is 4.66. The van der Waals surface area contributed by atoms with Crippen molar-refractivity contribution in [3.05, 3.63) is 0 Å². The van der Waals surface area contributed by atoms with Gasteiger partial charge < -0.3 is 15.3 Å². The molecule has 0 spiro atoms. The van der Waals surface area contributed by atoms with Crippen LogP contribution < -0.4 is 0 Å². The molecular formula is C18H44NNaO11S2. The van der Waals surface area contributed by atoms with Crippen LogP contribution in [0.1, 0.15) is 71.1 Å². The van der Waals surface area contributed by atoms with Gasteiger partial charge in [0.05, 0.1) is 19.8 Å². The van der Waals surface area contributed by atoms with E-state index in [1.54, 1.807) is 4.90 Å². The van der Waals surface area contributed by atoms with Gasteiger partial charge in [0.1, 0.15) is 0 Å². The predicted octanol–water partition coefficient (Wildman–Crippen LogP) is 1.45. The van der Waals surface area contributed by atoms with E-state index in [-0.39, 0.29) is 19.8 Å². The minimum absolute atomic E-state index is 0.0694. The van der Waals surface area contributed by atoms with Gasteiger partial charge in [-0.05, 0) is 0 Å². The summed E-state index contributed by atoms with van der Waals surface area (Å²) in [5, 5.41) is 25.5. The Kier molecular flexibility index (Phi) is 37.8. The molecule has 0 aromatic carbocycles. The normalized spacial score (nSPS) is 11.0. The van der Waals surface area contributed by atoms with E-state index >= 15 is 0 Å². The molecule has 0 rings (SSSR count). The molecular weight excluding hydrogens is 493 g/mol. The van der Waals surface area contributed by atoms with Gasteiger partial charge in [-0.1, -0.05) is 0 Å². The first kappa shape index (κ1) is 40.7. The summed E-state index contributed by atoms with van der Waals surface area (Å²) in [6.07, 6.45) is 14.7. The van der Waals surface area contributed by atoms with Gasteiger partial charge in [-0.3, -0.25) is 23.1 Å². The molecule has 0 bridgehead atoms. The first-order valence-electron chi connectivity index (χ1n) is 11.2. The molecule has 12 nitrogen and oxygen atoms in total. The van der Waals surface area contributed by atoms with Gasteiger partial charge in [-0.25, -0.2) is 0 Å². The Morgan fingerprint density at radius 1 is 0.576 bits per heavy atom. The standard InChI is InChI=1S/C12H25.C6H15NO3.Na.2H2O4S/c1-3-5-7-9-11-12-10-8-6-4-2;8-4-1-7(2-5-9)3-6-10;;2*1-5(2,3)4/h1,3-12H2,2H3;8-10H,1-6H2;;2*(H2,1,2,3,4). The summed E-state index contributed by atoms with van der Waals surface area (Å²) in [7, 11) is -9.33. The Balaban J connectivity index is -0.000000185. The van der Waals surface area contributed by atoms with Gasteiger partial charge in [0.2, 0.25) is 0 Å². The number of hydrogen-bond donors (Lipinski definition) is 7. The van der Waals surface area contributed by atoms with Gasteiger partial charge in [0.25, 0.3) is 0 Å². The SMILES string of the molecule is CCCCCCCCCCC[CH2][Na].O=S(=O)(O)O.O=S(=O)(O)O.OCCN(CCO)CCO. The van der Waals surface area contributed by atoms with E-state index in [1.165, 1.54) is 95.8 Å². The van der Waals surface area contributed by atoms with Gasteiger partial charge in [-0.2, -0.15) is 16.8 Å². The Bertz CT molecular complexity index is 493. The number of aliphatic hydroxyl groups excluding tert-OH is 3. The number of hydrogen-bond acceptors (Lipinski definition) is 8. The zero-order chi connectivity index (χ0) is 26.6. The average molecular weight is 538 g/mol. The van der Waals surface area contributed by atoms with Crippen LogP contribution in [0.3, 0.4) is 0 Å². The van der Waals surface area contributed by atoms with Crippen LogP contribution in [0.2, 0.25) is 3.67 Å². The van der Waals surface area contributed by atoms with E-state index in [0.29, 0.717) is 19.6 Å². The number of unbranched alkanes of at least 4 members (excludes halogenated alkanes) is 9. The van der Waals surface area contributed by atoms with Gasteiger partial charge in [0, 0.05) is 19.6 Å². The molecule has 0 amide bonds. The second kappa shape index (κ2) is 30.6. The number of nitrogens with zero attached hydrogens (tertiary/aromatic N) is 1. The van der Waals surface area contributed by atoms with E-state index < -0.39 is 20.8 Å². The zero-order valence-corrected chi connectivity index (χ0v) is 23.7. The number of aliphatic hydroxyl groups is 3. The van der Waals surface area contributed by atoms with Crippen LogP contribution in [-0.2, 0) is 20.8 Å². The van der Waals surface area contributed by atoms with Gasteiger partial charge in [-0.15, -0.1) is 0 Å². The molecule has 0 saturated heterocycles. The summed E-state index contributed by atoms with van der Waals surface area (Å²) in [5.41, 5.74) is 0. The summed E-state index contributed by atoms with van der Waals surface area (Å²) in [6.45, 7) is 4.04. The maximum absolute atomic E-state index is 8.74. The van der Waals surface area contributed by atoms with E-state index in [1.807, 2.05) is 0 Å². The largest absolute Gasteiger partial charge is 0.395 e. The first-order chi connectivity index (χ1) is 15.3. The number of rotatable bonds is 16. The molecule has 0 atom stereocenters. The van der Waals surface area contributed by atoms with Crippen molar-refractivity contribution < 1.29 is 50.4 Å². The average Bonchev–Trinajstić information content (AvgIpc) is 2.65. The van der Waals surface area contributed by atoms with Crippen molar-refractivity contribution in [2.75, 3.05) is 39.5 Å². The van der Waals surface area contributed by atoms with Crippen LogP contribution >= 0.6 is 0 Å². The van der Waals surface area contributed by atoms with E-state index in [0.717, 1.165) is 0 Å². The molecule has 0 fully saturated rings. The van der Waals surface area contributed by atoms with Crippen molar-refractivity contribution in [1.29, 1.82) is 0 Å². The summed E-state index contributed by atoms with van der Waals surface area (Å²) in [4.78, 5) is 1.79. The van der Waals surface area contributed by atoms with Crippen molar-refractivity contribution >= 4 is 48.7 Å². The van der Waals surface area contributed by atoms with Crippen molar-refractivity contribution in [2.45, 2.75) is 74.8 Å². The summed E-state index contributed by atoms with van der Waals surface area (Å²) in [6, 6.07) is 0. The monoisotopic (exact) mass is 537 g/mol. The predicted molar refractivity (Wildman–Crippen MR) is 128 cm³/mol. The van der Waals surface area contributed by atoms with Crippen molar-refractivity contribution in [3.8, 4) is 0 Å². The molecule has 0 saturated carbocycles. The topological polar surface area (TPSA) is 213 Å². The minimum Gasteiger partial charge on any atom is -0.395 e. The fourth-order valence-electron chi connectivity index (χ4n) is 2.50. The molecule has 0 unspecified atom stereocenters. The molecule has 0 aliphatic carbocycles. The maximum atomic E-state index is 8.74. The van der Waals surface area contributed by atoms with Crippen LogP contribution in [0.4, 0.5) is 0 Å². The van der Waals surface area contributed by atoms with Crippen molar-refractivity contribution in [2.24, 2.45) is 0 Å². The molecule has 0 aromatic heterocycles. The smallest absolute Gasteiger partial charge is 0.394 e. The maximum Gasteiger partial charge on any atom is 0.394 e. The van der Waals surface area contributed by atoms with E-state index in [4.69, 9.17) is 50.4 Å². The van der Waals surface area contributed by atoms with E-state index in [9.17, 15) is 0 Å². The van der Waals surface area contributed by atoms with Crippen LogP contribution in [0, 0.1) is 0 Å². The molecule has 33 heavy (non-hydrogen) atoms. The third-order valence-electron chi connectivity index (χ3n) is 3.96. The fourth-order valence-corrected chi connectivity index (χ4v) is 3.00. The fraction of sp³-hybridized carbons (Fsp3) is 1.00. The van der Waals surface area contributed by atoms with Gasteiger partial charge >= 0.3 is 124 Å². The summed E-state index contributed by atoms with van der Waals surface area (Å²) < 4.78 is 64.7.